The zero-order valence-electron chi connectivity index (χ0n) is 11.3. The number of hydrogen-bond acceptors (Lipinski definition) is 5. The maximum absolute atomic E-state index is 10.0. The van der Waals surface area contributed by atoms with Gasteiger partial charge in [0.05, 0.1) is 17.5 Å². The molecule has 0 spiro atoms. The molecule has 104 valence electrons. The topological polar surface area (TPSA) is 83.0 Å². The van der Waals surface area contributed by atoms with Crippen molar-refractivity contribution < 1.29 is 14.8 Å². The molecule has 0 saturated heterocycles. The Hall–Kier alpha value is -3.02. The molecule has 21 heavy (non-hydrogen) atoms. The van der Waals surface area contributed by atoms with Gasteiger partial charge in [0.25, 0.3) is 0 Å². The fourth-order valence-corrected chi connectivity index (χ4v) is 2.01. The molecule has 0 radical (unpaired) electrons. The molecule has 0 saturated carbocycles. The summed E-state index contributed by atoms with van der Waals surface area (Å²) in [5, 5.41) is 19.8. The van der Waals surface area contributed by atoms with Gasteiger partial charge in [-0.3, -0.25) is 4.98 Å². The summed E-state index contributed by atoms with van der Waals surface area (Å²) < 4.78 is 1.73. The number of aromatic hydroxyl groups is 2. The summed E-state index contributed by atoms with van der Waals surface area (Å²) in [5.74, 6) is 0.531. The molecule has 3 aromatic heterocycles. The van der Waals surface area contributed by atoms with E-state index in [4.69, 9.17) is 0 Å². The molecule has 6 nitrogen and oxygen atoms in total. The summed E-state index contributed by atoms with van der Waals surface area (Å²) >= 11 is 0. The summed E-state index contributed by atoms with van der Waals surface area (Å²) in [6.07, 6.45) is 7.90. The van der Waals surface area contributed by atoms with E-state index in [1.165, 1.54) is 6.20 Å². The summed E-state index contributed by atoms with van der Waals surface area (Å²) in [5.41, 5.74) is 1.66. The third kappa shape index (κ3) is 2.51. The van der Waals surface area contributed by atoms with E-state index in [9.17, 15) is 10.2 Å². The van der Waals surface area contributed by atoms with Crippen LogP contribution in [0.15, 0.2) is 49.2 Å². The van der Waals surface area contributed by atoms with Gasteiger partial charge in [-0.25, -0.2) is 14.5 Å². The van der Waals surface area contributed by atoms with Crippen LogP contribution in [0.2, 0.25) is 0 Å². The van der Waals surface area contributed by atoms with Crippen LogP contribution in [0.4, 0.5) is 0 Å². The Morgan fingerprint density at radius 1 is 1.00 bits per heavy atom. The van der Waals surface area contributed by atoms with Gasteiger partial charge in [-0.05, 0) is 12.1 Å². The van der Waals surface area contributed by atoms with Crippen molar-refractivity contribution in [1.82, 2.24) is 15.0 Å². The van der Waals surface area contributed by atoms with Crippen molar-refractivity contribution in [3.8, 4) is 34.1 Å². The summed E-state index contributed by atoms with van der Waals surface area (Å²) in [6, 6.07) is 5.10. The predicted molar refractivity (Wildman–Crippen MR) is 75.2 cm³/mol. The largest absolute Gasteiger partial charge is 0.506 e. The summed E-state index contributed by atoms with van der Waals surface area (Å²) in [7, 11) is 1.82. The quantitative estimate of drug-likeness (QED) is 0.694. The minimum Gasteiger partial charge on any atom is -0.506 e. The maximum Gasteiger partial charge on any atom is 0.211 e. The van der Waals surface area contributed by atoms with Crippen LogP contribution in [0.3, 0.4) is 0 Å². The second kappa shape index (κ2) is 5.16. The number of aryl methyl sites for hydroxylation is 1. The Bertz CT molecular complexity index is 805. The van der Waals surface area contributed by atoms with E-state index in [1.54, 1.807) is 47.6 Å². The van der Waals surface area contributed by atoms with Crippen LogP contribution < -0.4 is 4.57 Å². The molecule has 0 fully saturated rings. The zero-order chi connectivity index (χ0) is 14.8. The van der Waals surface area contributed by atoms with E-state index in [0.29, 0.717) is 22.6 Å². The molecule has 0 aliphatic carbocycles. The van der Waals surface area contributed by atoms with Crippen molar-refractivity contribution in [1.29, 1.82) is 0 Å². The molecular weight excluding hydrogens is 268 g/mol. The number of hydrogen-bond donors (Lipinski definition) is 2. The molecule has 0 aliphatic rings. The molecule has 3 rings (SSSR count). The van der Waals surface area contributed by atoms with Gasteiger partial charge in [0.15, 0.2) is 17.8 Å². The minimum absolute atomic E-state index is 0.0471. The Kier molecular flexibility index (Phi) is 3.19. The smallest absolute Gasteiger partial charge is 0.211 e. The third-order valence-corrected chi connectivity index (χ3v) is 3.05. The standard InChI is InChI=1S/C15H12N4O2/c1-19-7-4-11(14(21)9-19)15-17-6-3-12(18-15)10-2-5-16-8-13(10)20/h2-9H,1H3,(H-,17,18,20,21)/p+1. The first kappa shape index (κ1) is 13.0. The molecule has 2 N–H and O–H groups in total. The third-order valence-electron chi connectivity index (χ3n) is 3.05. The highest BCUT2D eigenvalue weighted by Crippen LogP contribution is 2.29. The minimum atomic E-state index is 0.0471. The molecular formula is C15H13N4O2+. The van der Waals surface area contributed by atoms with E-state index in [0.717, 1.165) is 0 Å². The van der Waals surface area contributed by atoms with Crippen molar-refractivity contribution in [2.24, 2.45) is 7.05 Å². The predicted octanol–water partition coefficient (Wildman–Crippen LogP) is 1.44. The Morgan fingerprint density at radius 3 is 2.62 bits per heavy atom. The van der Waals surface area contributed by atoms with E-state index < -0.39 is 0 Å². The molecule has 0 unspecified atom stereocenters. The molecule has 0 aliphatic heterocycles. The molecule has 0 bridgehead atoms. The Labute approximate surface area is 121 Å². The molecule has 0 atom stereocenters. The fraction of sp³-hybridized carbons (Fsp3) is 0.0667. The first-order valence-corrected chi connectivity index (χ1v) is 6.30. The summed E-state index contributed by atoms with van der Waals surface area (Å²) in [4.78, 5) is 12.4. The maximum atomic E-state index is 10.0. The van der Waals surface area contributed by atoms with Crippen molar-refractivity contribution in [3.63, 3.8) is 0 Å². The van der Waals surface area contributed by atoms with Gasteiger partial charge >= 0.3 is 0 Å². The van der Waals surface area contributed by atoms with Crippen LogP contribution in [0, 0.1) is 0 Å². The Balaban J connectivity index is 2.11. The molecule has 0 amide bonds. The van der Waals surface area contributed by atoms with E-state index >= 15 is 0 Å². The van der Waals surface area contributed by atoms with Crippen LogP contribution in [0.25, 0.3) is 22.6 Å². The number of pyridine rings is 2. The van der Waals surface area contributed by atoms with Crippen molar-refractivity contribution >= 4 is 0 Å². The monoisotopic (exact) mass is 281 g/mol. The van der Waals surface area contributed by atoms with E-state index in [1.807, 2.05) is 7.05 Å². The lowest BCUT2D eigenvalue weighted by Crippen LogP contribution is -2.25. The van der Waals surface area contributed by atoms with E-state index in [-0.39, 0.29) is 11.5 Å². The van der Waals surface area contributed by atoms with Gasteiger partial charge in [-0.15, -0.1) is 0 Å². The van der Waals surface area contributed by atoms with Gasteiger partial charge in [-0.2, -0.15) is 0 Å². The molecule has 0 aromatic carbocycles. The second-order valence-corrected chi connectivity index (χ2v) is 4.57. The van der Waals surface area contributed by atoms with Gasteiger partial charge in [0.2, 0.25) is 6.20 Å². The van der Waals surface area contributed by atoms with Gasteiger partial charge in [0.1, 0.15) is 12.8 Å². The fourth-order valence-electron chi connectivity index (χ4n) is 2.01. The molecule has 3 heterocycles. The van der Waals surface area contributed by atoms with Crippen LogP contribution >= 0.6 is 0 Å². The van der Waals surface area contributed by atoms with E-state index in [2.05, 4.69) is 15.0 Å². The molecule has 6 heteroatoms. The van der Waals surface area contributed by atoms with Crippen LogP contribution in [-0.2, 0) is 7.05 Å². The first-order chi connectivity index (χ1) is 10.1. The van der Waals surface area contributed by atoms with Crippen molar-refractivity contribution in [3.05, 3.63) is 49.2 Å². The number of nitrogens with zero attached hydrogens (tertiary/aromatic N) is 4. The number of aromatic nitrogens is 4. The second-order valence-electron chi connectivity index (χ2n) is 4.57. The van der Waals surface area contributed by atoms with Gasteiger partial charge in [-0.1, -0.05) is 0 Å². The normalized spacial score (nSPS) is 10.5. The van der Waals surface area contributed by atoms with Gasteiger partial charge in [0, 0.05) is 24.0 Å². The summed E-state index contributed by atoms with van der Waals surface area (Å²) in [6.45, 7) is 0. The molecule has 3 aromatic rings. The highest BCUT2D eigenvalue weighted by molar-refractivity contribution is 5.69. The SMILES string of the molecule is C[n+]1ccc(-c2nccc(-c3ccncc3O)n2)c(O)c1. The highest BCUT2D eigenvalue weighted by Gasteiger charge is 2.13. The highest BCUT2D eigenvalue weighted by atomic mass is 16.3. The Morgan fingerprint density at radius 2 is 1.86 bits per heavy atom. The van der Waals surface area contributed by atoms with Crippen LogP contribution in [0.1, 0.15) is 0 Å². The van der Waals surface area contributed by atoms with Crippen molar-refractivity contribution in [2.45, 2.75) is 0 Å². The zero-order valence-corrected chi connectivity index (χ0v) is 11.3. The lowest BCUT2D eigenvalue weighted by atomic mass is 10.1. The lowest BCUT2D eigenvalue weighted by molar-refractivity contribution is -0.671. The average Bonchev–Trinajstić information content (AvgIpc) is 2.48. The van der Waals surface area contributed by atoms with Crippen molar-refractivity contribution in [2.75, 3.05) is 0 Å². The van der Waals surface area contributed by atoms with Crippen LogP contribution in [0.5, 0.6) is 11.5 Å². The first-order valence-electron chi connectivity index (χ1n) is 6.30. The van der Waals surface area contributed by atoms with Crippen LogP contribution in [-0.4, -0.2) is 25.2 Å². The number of rotatable bonds is 2. The lowest BCUT2D eigenvalue weighted by Gasteiger charge is -2.06. The average molecular weight is 281 g/mol. The van der Waals surface area contributed by atoms with Gasteiger partial charge < -0.3 is 10.2 Å².